The number of carbonyl (C=O) groups excluding carboxylic acids is 1. The van der Waals surface area contributed by atoms with E-state index in [2.05, 4.69) is 9.97 Å². The summed E-state index contributed by atoms with van der Waals surface area (Å²) in [7, 11) is 0. The minimum Gasteiger partial charge on any atom is -0.451 e. The summed E-state index contributed by atoms with van der Waals surface area (Å²) >= 11 is 1.47. The van der Waals surface area contributed by atoms with Crippen molar-refractivity contribution in [3.63, 3.8) is 0 Å². The van der Waals surface area contributed by atoms with Crippen LogP contribution in [0, 0.1) is 13.8 Å². The summed E-state index contributed by atoms with van der Waals surface area (Å²) in [5.41, 5.74) is 0.744. The highest BCUT2D eigenvalue weighted by molar-refractivity contribution is 7.18. The Labute approximate surface area is 132 Å². The van der Waals surface area contributed by atoms with Gasteiger partial charge in [-0.2, -0.15) is 0 Å². The van der Waals surface area contributed by atoms with Gasteiger partial charge in [0, 0.05) is 11.0 Å². The van der Waals surface area contributed by atoms with Crippen molar-refractivity contribution < 1.29 is 9.53 Å². The van der Waals surface area contributed by atoms with Gasteiger partial charge in [0.2, 0.25) is 0 Å². The number of nitrogens with zero attached hydrogens (tertiary/aromatic N) is 1. The molecule has 1 atom stereocenters. The Balaban J connectivity index is 2.27. The first-order chi connectivity index (χ1) is 10.4. The van der Waals surface area contributed by atoms with Crippen molar-refractivity contribution in [3.05, 3.63) is 50.9 Å². The molecule has 1 N–H and O–H groups in total. The number of rotatable bonds is 4. The van der Waals surface area contributed by atoms with Gasteiger partial charge in [0.1, 0.15) is 4.83 Å². The molecule has 0 saturated carbocycles. The molecule has 22 heavy (non-hydrogen) atoms. The summed E-state index contributed by atoms with van der Waals surface area (Å²) in [4.78, 5) is 32.7. The molecule has 0 bridgehead atoms. The molecule has 0 aromatic carbocycles. The van der Waals surface area contributed by atoms with Crippen molar-refractivity contribution in [2.75, 3.05) is 0 Å². The van der Waals surface area contributed by atoms with Crippen LogP contribution in [-0.2, 0) is 9.53 Å². The maximum Gasteiger partial charge on any atom is 0.331 e. The SMILES string of the molecule is C/C=C/C=C/C(=O)O[C@@H](C)c1nc2sc(C)c(C)c2c(=O)[nH]1. The van der Waals surface area contributed by atoms with Crippen LogP contribution >= 0.6 is 11.3 Å². The Morgan fingerprint density at radius 1 is 1.36 bits per heavy atom. The lowest BCUT2D eigenvalue weighted by Gasteiger charge is -2.10. The zero-order chi connectivity index (χ0) is 16.3. The number of H-pyrrole nitrogens is 1. The number of aromatic nitrogens is 2. The number of carbonyl (C=O) groups is 1. The molecule has 2 heterocycles. The van der Waals surface area contributed by atoms with E-state index in [1.807, 2.05) is 26.8 Å². The van der Waals surface area contributed by atoms with Crippen LogP contribution in [0.2, 0.25) is 0 Å². The van der Waals surface area contributed by atoms with Gasteiger partial charge in [0.25, 0.3) is 5.56 Å². The van der Waals surface area contributed by atoms with Gasteiger partial charge in [-0.05, 0) is 33.3 Å². The molecule has 0 saturated heterocycles. The van der Waals surface area contributed by atoms with E-state index in [1.54, 1.807) is 19.1 Å². The first kappa shape index (κ1) is 16.2. The number of ether oxygens (including phenoxy) is 1. The maximum absolute atomic E-state index is 12.2. The molecular weight excluding hydrogens is 300 g/mol. The van der Waals surface area contributed by atoms with Crippen molar-refractivity contribution in [3.8, 4) is 0 Å². The smallest absolute Gasteiger partial charge is 0.331 e. The molecule has 6 heteroatoms. The van der Waals surface area contributed by atoms with E-state index in [-0.39, 0.29) is 5.56 Å². The quantitative estimate of drug-likeness (QED) is 0.533. The van der Waals surface area contributed by atoms with Crippen LogP contribution < -0.4 is 5.56 Å². The van der Waals surface area contributed by atoms with Crippen molar-refractivity contribution >= 4 is 27.5 Å². The molecule has 0 unspecified atom stereocenters. The summed E-state index contributed by atoms with van der Waals surface area (Å²) in [6, 6.07) is 0. The molecule has 0 aliphatic rings. The standard InChI is InChI=1S/C16H18N2O3S/c1-5-6-7-8-12(19)21-10(3)14-17-15(20)13-9(2)11(4)22-16(13)18-14/h5-8,10H,1-4H3,(H,17,18,20)/b6-5+,8-7+/t10-/m0/s1. The minimum absolute atomic E-state index is 0.200. The Bertz CT molecular complexity index is 815. The van der Waals surface area contributed by atoms with Gasteiger partial charge in [-0.15, -0.1) is 11.3 Å². The number of fused-ring (bicyclic) bond motifs is 1. The van der Waals surface area contributed by atoms with Crippen LogP contribution in [0.4, 0.5) is 0 Å². The van der Waals surface area contributed by atoms with E-state index in [0.717, 1.165) is 10.4 Å². The number of nitrogens with one attached hydrogen (secondary N) is 1. The lowest BCUT2D eigenvalue weighted by atomic mass is 10.2. The second kappa shape index (κ2) is 6.70. The Morgan fingerprint density at radius 3 is 2.77 bits per heavy atom. The zero-order valence-electron chi connectivity index (χ0n) is 13.0. The van der Waals surface area contributed by atoms with Gasteiger partial charge < -0.3 is 9.72 Å². The molecule has 2 rings (SSSR count). The largest absolute Gasteiger partial charge is 0.451 e. The second-order valence-electron chi connectivity index (χ2n) is 4.88. The van der Waals surface area contributed by atoms with Gasteiger partial charge >= 0.3 is 5.97 Å². The van der Waals surface area contributed by atoms with Crippen LogP contribution in [0.15, 0.2) is 29.1 Å². The zero-order valence-corrected chi connectivity index (χ0v) is 13.8. The van der Waals surface area contributed by atoms with Crippen molar-refractivity contribution in [1.29, 1.82) is 0 Å². The number of thiophene rings is 1. The van der Waals surface area contributed by atoms with Crippen molar-refractivity contribution in [2.24, 2.45) is 0 Å². The predicted molar refractivity (Wildman–Crippen MR) is 88.2 cm³/mol. The first-order valence-electron chi connectivity index (χ1n) is 6.94. The second-order valence-corrected chi connectivity index (χ2v) is 6.08. The van der Waals surface area contributed by atoms with Crippen LogP contribution in [0.25, 0.3) is 10.2 Å². The molecule has 2 aromatic rings. The summed E-state index contributed by atoms with van der Waals surface area (Å²) in [6.07, 6.45) is 5.84. The van der Waals surface area contributed by atoms with Gasteiger partial charge in [-0.1, -0.05) is 18.2 Å². The van der Waals surface area contributed by atoms with E-state index >= 15 is 0 Å². The van der Waals surface area contributed by atoms with Gasteiger partial charge in [0.15, 0.2) is 11.9 Å². The van der Waals surface area contributed by atoms with E-state index in [4.69, 9.17) is 4.74 Å². The van der Waals surface area contributed by atoms with Crippen LogP contribution in [0.1, 0.15) is 36.2 Å². The third-order valence-corrected chi connectivity index (χ3v) is 4.37. The van der Waals surface area contributed by atoms with Gasteiger partial charge in [-0.25, -0.2) is 9.78 Å². The van der Waals surface area contributed by atoms with Crippen molar-refractivity contribution in [1.82, 2.24) is 9.97 Å². The molecule has 5 nitrogen and oxygen atoms in total. The van der Waals surface area contributed by atoms with Gasteiger partial charge in [-0.3, -0.25) is 4.79 Å². The summed E-state index contributed by atoms with van der Waals surface area (Å²) < 4.78 is 5.24. The van der Waals surface area contributed by atoms with Crippen molar-refractivity contribution in [2.45, 2.75) is 33.8 Å². The van der Waals surface area contributed by atoms with Crippen LogP contribution in [0.3, 0.4) is 0 Å². The lowest BCUT2D eigenvalue weighted by Crippen LogP contribution is -2.16. The molecule has 0 radical (unpaired) electrons. The first-order valence-corrected chi connectivity index (χ1v) is 7.75. The fourth-order valence-corrected chi connectivity index (χ4v) is 3.02. The number of hydrogen-bond acceptors (Lipinski definition) is 5. The van der Waals surface area contributed by atoms with E-state index in [9.17, 15) is 9.59 Å². The molecule has 2 aromatic heterocycles. The molecule has 0 aliphatic carbocycles. The average molecular weight is 318 g/mol. The minimum atomic E-state index is -0.623. The topological polar surface area (TPSA) is 72.0 Å². The van der Waals surface area contributed by atoms with Crippen LogP contribution in [-0.4, -0.2) is 15.9 Å². The Morgan fingerprint density at radius 2 is 2.09 bits per heavy atom. The number of allylic oxidation sites excluding steroid dienone is 3. The molecule has 0 amide bonds. The molecule has 0 aliphatic heterocycles. The predicted octanol–water partition coefficient (Wildman–Crippen LogP) is 3.34. The summed E-state index contributed by atoms with van der Waals surface area (Å²) in [6.45, 7) is 7.39. The molecule has 0 spiro atoms. The van der Waals surface area contributed by atoms with Crippen LogP contribution in [0.5, 0.6) is 0 Å². The number of hydrogen-bond donors (Lipinski definition) is 1. The summed E-state index contributed by atoms with van der Waals surface area (Å²) in [5, 5.41) is 0.609. The highest BCUT2D eigenvalue weighted by atomic mass is 32.1. The van der Waals surface area contributed by atoms with E-state index in [0.29, 0.717) is 16.0 Å². The fourth-order valence-electron chi connectivity index (χ4n) is 1.98. The molecular formula is C16H18N2O3S. The number of esters is 1. The average Bonchev–Trinajstić information content (AvgIpc) is 2.74. The fraction of sp³-hybridized carbons (Fsp3) is 0.312. The third kappa shape index (κ3) is 3.33. The normalized spacial score (nSPS) is 13.3. The maximum atomic E-state index is 12.2. The Kier molecular flexibility index (Phi) is 4.92. The van der Waals surface area contributed by atoms with E-state index < -0.39 is 12.1 Å². The highest BCUT2D eigenvalue weighted by Crippen LogP contribution is 2.26. The summed E-state index contributed by atoms with van der Waals surface area (Å²) in [5.74, 6) is -0.126. The Hall–Kier alpha value is -2.21. The molecule has 0 fully saturated rings. The lowest BCUT2D eigenvalue weighted by molar-refractivity contribution is -0.142. The number of aromatic amines is 1. The molecule has 116 valence electrons. The number of aryl methyl sites for hydroxylation is 2. The van der Waals surface area contributed by atoms with Gasteiger partial charge in [0.05, 0.1) is 5.39 Å². The monoisotopic (exact) mass is 318 g/mol. The van der Waals surface area contributed by atoms with E-state index in [1.165, 1.54) is 17.4 Å². The highest BCUT2D eigenvalue weighted by Gasteiger charge is 2.17. The third-order valence-electron chi connectivity index (χ3n) is 3.27.